The number of hydrogen-bond acceptors (Lipinski definition) is 4. The molecule has 0 aliphatic heterocycles. The summed E-state index contributed by atoms with van der Waals surface area (Å²) < 4.78 is 42.2. The lowest BCUT2D eigenvalue weighted by molar-refractivity contribution is 0.148. The van der Waals surface area contributed by atoms with Gasteiger partial charge in [0.25, 0.3) is 0 Å². The summed E-state index contributed by atoms with van der Waals surface area (Å²) in [6.07, 6.45) is 0.241. The first-order valence-corrected chi connectivity index (χ1v) is 8.33. The van der Waals surface area contributed by atoms with Gasteiger partial charge in [0, 0.05) is 5.54 Å². The SMILES string of the molecule is CC(C)(C)NC(=O)OC/C=C(\F)CS(=O)(=O)c1ccccc1. The van der Waals surface area contributed by atoms with Crippen LogP contribution in [0.2, 0.25) is 0 Å². The van der Waals surface area contributed by atoms with E-state index in [1.54, 1.807) is 39.0 Å². The van der Waals surface area contributed by atoms with Crippen molar-refractivity contribution in [2.75, 3.05) is 12.4 Å². The van der Waals surface area contributed by atoms with E-state index >= 15 is 0 Å². The van der Waals surface area contributed by atoms with Crippen LogP contribution in [0.5, 0.6) is 0 Å². The maximum atomic E-state index is 13.6. The van der Waals surface area contributed by atoms with E-state index in [-0.39, 0.29) is 11.5 Å². The third-order valence-corrected chi connectivity index (χ3v) is 4.07. The van der Waals surface area contributed by atoms with Gasteiger partial charge in [-0.15, -0.1) is 0 Å². The number of halogens is 1. The Morgan fingerprint density at radius 3 is 2.41 bits per heavy atom. The Morgan fingerprint density at radius 2 is 1.86 bits per heavy atom. The maximum absolute atomic E-state index is 13.6. The number of carbonyl (C=O) groups excluding carboxylic acids is 1. The number of rotatable bonds is 5. The van der Waals surface area contributed by atoms with E-state index < -0.39 is 33.0 Å². The zero-order valence-electron chi connectivity index (χ0n) is 12.8. The second-order valence-electron chi connectivity index (χ2n) is 5.70. The van der Waals surface area contributed by atoms with Gasteiger partial charge in [-0.3, -0.25) is 0 Å². The molecule has 0 heterocycles. The molecule has 1 aromatic rings. The average molecular weight is 329 g/mol. The van der Waals surface area contributed by atoms with E-state index in [2.05, 4.69) is 5.32 Å². The van der Waals surface area contributed by atoms with Gasteiger partial charge in [-0.1, -0.05) is 18.2 Å². The minimum atomic E-state index is -3.74. The van der Waals surface area contributed by atoms with Crippen LogP contribution in [-0.2, 0) is 14.6 Å². The number of benzene rings is 1. The molecule has 0 aromatic heterocycles. The molecule has 1 rings (SSSR count). The summed E-state index contributed by atoms with van der Waals surface area (Å²) in [4.78, 5) is 11.4. The summed E-state index contributed by atoms with van der Waals surface area (Å²) in [5, 5.41) is 2.54. The summed E-state index contributed by atoms with van der Waals surface area (Å²) in [6, 6.07) is 7.60. The van der Waals surface area contributed by atoms with Crippen molar-refractivity contribution in [3.05, 3.63) is 42.2 Å². The fraction of sp³-hybridized carbons (Fsp3) is 0.400. The Morgan fingerprint density at radius 1 is 1.27 bits per heavy atom. The lowest BCUT2D eigenvalue weighted by Crippen LogP contribution is -2.40. The van der Waals surface area contributed by atoms with Crippen molar-refractivity contribution in [3.63, 3.8) is 0 Å². The minimum absolute atomic E-state index is 0.0462. The number of nitrogens with one attached hydrogen (secondary N) is 1. The fourth-order valence-corrected chi connectivity index (χ4v) is 2.72. The van der Waals surface area contributed by atoms with Gasteiger partial charge in [-0.05, 0) is 39.0 Å². The zero-order valence-corrected chi connectivity index (χ0v) is 13.6. The van der Waals surface area contributed by atoms with Crippen molar-refractivity contribution in [1.82, 2.24) is 5.32 Å². The fourth-order valence-electron chi connectivity index (χ4n) is 1.50. The first kappa shape index (κ1) is 18.2. The smallest absolute Gasteiger partial charge is 0.407 e. The average Bonchev–Trinajstić information content (AvgIpc) is 2.37. The highest BCUT2D eigenvalue weighted by molar-refractivity contribution is 7.91. The van der Waals surface area contributed by atoms with Gasteiger partial charge in [-0.25, -0.2) is 17.6 Å². The second-order valence-corrected chi connectivity index (χ2v) is 7.69. The maximum Gasteiger partial charge on any atom is 0.407 e. The van der Waals surface area contributed by atoms with Gasteiger partial charge in [0.05, 0.1) is 4.90 Å². The van der Waals surface area contributed by atoms with E-state index in [9.17, 15) is 17.6 Å². The van der Waals surface area contributed by atoms with Crippen molar-refractivity contribution in [3.8, 4) is 0 Å². The first-order valence-electron chi connectivity index (χ1n) is 6.67. The molecule has 22 heavy (non-hydrogen) atoms. The molecule has 1 aromatic carbocycles. The molecule has 0 saturated heterocycles. The highest BCUT2D eigenvalue weighted by Gasteiger charge is 2.17. The summed E-state index contributed by atoms with van der Waals surface area (Å²) in [7, 11) is -3.74. The molecule has 0 spiro atoms. The predicted octanol–water partition coefficient (Wildman–Crippen LogP) is 2.84. The standard InChI is InChI=1S/C15H20FNO4S/c1-15(2,3)17-14(18)21-10-9-12(16)11-22(19,20)13-7-5-4-6-8-13/h4-9H,10-11H2,1-3H3,(H,17,18)/b12-9-. The summed E-state index contributed by atoms with van der Waals surface area (Å²) in [6.45, 7) is 4.99. The molecular weight excluding hydrogens is 309 g/mol. The minimum Gasteiger partial charge on any atom is -0.445 e. The number of amides is 1. The van der Waals surface area contributed by atoms with E-state index in [1.165, 1.54) is 12.1 Å². The predicted molar refractivity (Wildman–Crippen MR) is 81.9 cm³/mol. The van der Waals surface area contributed by atoms with E-state index in [0.29, 0.717) is 0 Å². The van der Waals surface area contributed by atoms with Crippen molar-refractivity contribution in [1.29, 1.82) is 0 Å². The molecule has 1 amide bonds. The van der Waals surface area contributed by atoms with Crippen LogP contribution in [0, 0.1) is 0 Å². The molecule has 0 unspecified atom stereocenters. The number of alkyl carbamates (subject to hydrolysis) is 1. The topological polar surface area (TPSA) is 72.5 Å². The molecular formula is C15H20FNO4S. The number of ether oxygens (including phenoxy) is 1. The molecule has 0 aliphatic rings. The van der Waals surface area contributed by atoms with Gasteiger partial charge in [0.2, 0.25) is 0 Å². The molecule has 0 saturated carbocycles. The van der Waals surface area contributed by atoms with Crippen molar-refractivity contribution in [2.45, 2.75) is 31.2 Å². The summed E-state index contributed by atoms with van der Waals surface area (Å²) in [5.74, 6) is -1.63. The van der Waals surface area contributed by atoms with E-state index in [1.807, 2.05) is 0 Å². The van der Waals surface area contributed by atoms with E-state index in [4.69, 9.17) is 4.74 Å². The normalized spacial score (nSPS) is 12.8. The highest BCUT2D eigenvalue weighted by atomic mass is 32.2. The molecule has 5 nitrogen and oxygen atoms in total. The van der Waals surface area contributed by atoms with Crippen LogP contribution in [0.4, 0.5) is 9.18 Å². The van der Waals surface area contributed by atoms with Gasteiger partial charge in [0.15, 0.2) is 9.84 Å². The van der Waals surface area contributed by atoms with Crippen LogP contribution in [0.3, 0.4) is 0 Å². The lowest BCUT2D eigenvalue weighted by Gasteiger charge is -2.19. The van der Waals surface area contributed by atoms with Gasteiger partial charge in [-0.2, -0.15) is 0 Å². The molecule has 122 valence electrons. The zero-order chi connectivity index (χ0) is 16.8. The Kier molecular flexibility index (Phi) is 6.11. The van der Waals surface area contributed by atoms with Crippen molar-refractivity contribution >= 4 is 15.9 Å². The number of hydrogen-bond donors (Lipinski definition) is 1. The molecule has 0 fully saturated rings. The van der Waals surface area contributed by atoms with Crippen molar-refractivity contribution < 1.29 is 22.3 Å². The van der Waals surface area contributed by atoms with Crippen LogP contribution in [0.25, 0.3) is 0 Å². The van der Waals surface area contributed by atoms with Crippen molar-refractivity contribution in [2.24, 2.45) is 0 Å². The van der Waals surface area contributed by atoms with Crippen LogP contribution in [0.15, 0.2) is 47.1 Å². The molecule has 1 N–H and O–H groups in total. The molecule has 0 radical (unpaired) electrons. The number of sulfone groups is 1. The molecule has 7 heteroatoms. The second kappa shape index (κ2) is 7.40. The molecule has 0 aliphatic carbocycles. The van der Waals surface area contributed by atoms with Gasteiger partial charge in [0.1, 0.15) is 18.2 Å². The quantitative estimate of drug-likeness (QED) is 0.901. The Bertz CT molecular complexity index is 633. The first-order chi connectivity index (χ1) is 10.1. The van der Waals surface area contributed by atoms with Gasteiger partial charge >= 0.3 is 6.09 Å². The third-order valence-electron chi connectivity index (χ3n) is 2.43. The van der Waals surface area contributed by atoms with Crippen LogP contribution in [0.1, 0.15) is 20.8 Å². The third kappa shape index (κ3) is 6.71. The Balaban J connectivity index is 2.55. The molecule has 0 atom stereocenters. The lowest BCUT2D eigenvalue weighted by atomic mass is 10.1. The van der Waals surface area contributed by atoms with Gasteiger partial charge < -0.3 is 10.1 Å². The van der Waals surface area contributed by atoms with E-state index in [0.717, 1.165) is 6.08 Å². The highest BCUT2D eigenvalue weighted by Crippen LogP contribution is 2.14. The summed E-state index contributed by atoms with van der Waals surface area (Å²) >= 11 is 0. The van der Waals surface area contributed by atoms with Crippen LogP contribution < -0.4 is 5.32 Å². The Hall–Kier alpha value is -1.89. The monoisotopic (exact) mass is 329 g/mol. The Labute approximate surface area is 130 Å². The van der Waals surface area contributed by atoms with Crippen LogP contribution >= 0.6 is 0 Å². The number of carbonyl (C=O) groups is 1. The molecule has 0 bridgehead atoms. The largest absolute Gasteiger partial charge is 0.445 e. The van der Waals surface area contributed by atoms with Crippen LogP contribution in [-0.4, -0.2) is 32.4 Å². The summed E-state index contributed by atoms with van der Waals surface area (Å²) in [5.41, 5.74) is -0.462.